The van der Waals surface area contributed by atoms with E-state index in [0.29, 0.717) is 39.6 Å². The first-order chi connectivity index (χ1) is 14.4. The van der Waals surface area contributed by atoms with Crippen molar-refractivity contribution in [1.82, 2.24) is 5.32 Å². The number of carbonyl (C=O) groups is 2. The van der Waals surface area contributed by atoms with Gasteiger partial charge in [0.2, 0.25) is 0 Å². The van der Waals surface area contributed by atoms with Crippen LogP contribution in [0.5, 0.6) is 17.2 Å². The maximum Gasteiger partial charge on any atom is 0.270 e. The first-order valence-corrected chi connectivity index (χ1v) is 10.2. The number of hydrogen-bond donors (Lipinski definition) is 1. The average molecular weight is 491 g/mol. The monoisotopic (exact) mass is 490 g/mol. The van der Waals surface area contributed by atoms with Crippen LogP contribution < -0.4 is 24.4 Å². The summed E-state index contributed by atoms with van der Waals surface area (Å²) in [7, 11) is 3.03. The van der Waals surface area contributed by atoms with Crippen LogP contribution in [0.4, 0.5) is 5.69 Å². The summed E-state index contributed by atoms with van der Waals surface area (Å²) in [5.41, 5.74) is 1.01. The van der Waals surface area contributed by atoms with Crippen molar-refractivity contribution in [2.75, 3.05) is 25.7 Å². The second-order valence-electron chi connectivity index (χ2n) is 6.13. The Morgan fingerprint density at radius 3 is 2.60 bits per heavy atom. The summed E-state index contributed by atoms with van der Waals surface area (Å²) in [5.74, 6) is 0.446. The summed E-state index contributed by atoms with van der Waals surface area (Å²) in [5, 5.41) is 2.57. The number of hydrogen-bond acceptors (Lipinski definition) is 6. The number of ether oxygens (including phenoxy) is 3. The van der Waals surface area contributed by atoms with Gasteiger partial charge in [-0.1, -0.05) is 6.07 Å². The van der Waals surface area contributed by atoms with Gasteiger partial charge in [0.15, 0.2) is 16.6 Å². The molecule has 7 nitrogen and oxygen atoms in total. The van der Waals surface area contributed by atoms with Gasteiger partial charge >= 0.3 is 0 Å². The molecule has 0 atom stereocenters. The standard InChI is InChI=1S/C21H19BrN2O5S/c1-4-29-14-7-5-6-13(11-14)24-20(26)15(19(25)23-21(24)30)8-12-9-16(22)18(28-3)17(10-12)27-2/h5-11H,4H2,1-3H3,(H,23,25,30)/b15-8-. The van der Waals surface area contributed by atoms with Crippen LogP contribution in [-0.2, 0) is 9.59 Å². The number of nitrogens with one attached hydrogen (secondary N) is 1. The Kier molecular flexibility index (Phi) is 6.73. The molecule has 2 amide bonds. The summed E-state index contributed by atoms with van der Waals surface area (Å²) in [6.07, 6.45) is 1.48. The quantitative estimate of drug-likeness (QED) is 0.378. The molecule has 156 valence electrons. The topological polar surface area (TPSA) is 77.1 Å². The van der Waals surface area contributed by atoms with Crippen LogP contribution in [0.3, 0.4) is 0 Å². The Labute approximate surface area is 187 Å². The normalized spacial score (nSPS) is 15.3. The largest absolute Gasteiger partial charge is 0.494 e. The second-order valence-corrected chi connectivity index (χ2v) is 7.37. The molecular formula is C21H19BrN2O5S. The first kappa shape index (κ1) is 21.8. The molecule has 9 heteroatoms. The van der Waals surface area contributed by atoms with Crippen molar-refractivity contribution in [2.24, 2.45) is 0 Å². The van der Waals surface area contributed by atoms with E-state index in [1.807, 2.05) is 6.92 Å². The fourth-order valence-corrected chi connectivity index (χ4v) is 3.86. The van der Waals surface area contributed by atoms with Gasteiger partial charge in [-0.15, -0.1) is 0 Å². The highest BCUT2D eigenvalue weighted by molar-refractivity contribution is 9.10. The molecule has 0 aromatic heterocycles. The van der Waals surface area contributed by atoms with Crippen LogP contribution in [0, 0.1) is 0 Å². The Balaban J connectivity index is 2.03. The molecule has 1 aliphatic heterocycles. The minimum Gasteiger partial charge on any atom is -0.494 e. The predicted molar refractivity (Wildman–Crippen MR) is 121 cm³/mol. The molecule has 0 unspecified atom stereocenters. The molecule has 0 radical (unpaired) electrons. The molecule has 0 aliphatic carbocycles. The van der Waals surface area contributed by atoms with E-state index < -0.39 is 11.8 Å². The Bertz CT molecular complexity index is 1050. The van der Waals surface area contributed by atoms with Crippen LogP contribution in [0.15, 0.2) is 46.4 Å². The van der Waals surface area contributed by atoms with Crippen molar-refractivity contribution in [3.63, 3.8) is 0 Å². The van der Waals surface area contributed by atoms with Gasteiger partial charge in [0.25, 0.3) is 11.8 Å². The van der Waals surface area contributed by atoms with Crippen LogP contribution in [0.25, 0.3) is 6.08 Å². The SMILES string of the molecule is CCOc1cccc(N2C(=O)/C(=C\c3cc(Br)c(OC)c(OC)c3)C(=O)NC2=S)c1. The molecule has 2 aromatic carbocycles. The van der Waals surface area contributed by atoms with Crippen molar-refractivity contribution in [3.8, 4) is 17.2 Å². The molecule has 0 saturated carbocycles. The van der Waals surface area contributed by atoms with Crippen molar-refractivity contribution in [3.05, 3.63) is 52.0 Å². The minimum atomic E-state index is -0.576. The lowest BCUT2D eigenvalue weighted by Crippen LogP contribution is -2.54. The number of rotatable bonds is 6. The molecule has 30 heavy (non-hydrogen) atoms. The van der Waals surface area contributed by atoms with Crippen molar-refractivity contribution in [2.45, 2.75) is 6.92 Å². The van der Waals surface area contributed by atoms with E-state index in [4.69, 9.17) is 26.4 Å². The maximum atomic E-state index is 13.2. The highest BCUT2D eigenvalue weighted by Crippen LogP contribution is 2.37. The molecule has 1 aliphatic rings. The zero-order chi connectivity index (χ0) is 21.8. The van der Waals surface area contributed by atoms with E-state index in [9.17, 15) is 9.59 Å². The highest BCUT2D eigenvalue weighted by Gasteiger charge is 2.34. The van der Waals surface area contributed by atoms with Gasteiger partial charge in [0, 0.05) is 6.07 Å². The number of carbonyl (C=O) groups excluding carboxylic acids is 2. The van der Waals surface area contributed by atoms with Crippen LogP contribution in [0.2, 0.25) is 0 Å². The lowest BCUT2D eigenvalue weighted by molar-refractivity contribution is -0.122. The van der Waals surface area contributed by atoms with Crippen LogP contribution >= 0.6 is 28.1 Å². The smallest absolute Gasteiger partial charge is 0.270 e. The number of anilines is 1. The van der Waals surface area contributed by atoms with Crippen molar-refractivity contribution < 1.29 is 23.8 Å². The van der Waals surface area contributed by atoms with Gasteiger partial charge < -0.3 is 14.2 Å². The Hall–Kier alpha value is -2.91. The van der Waals surface area contributed by atoms with E-state index in [2.05, 4.69) is 21.2 Å². The van der Waals surface area contributed by atoms with Gasteiger partial charge in [0.1, 0.15) is 11.3 Å². The predicted octanol–water partition coefficient (Wildman–Crippen LogP) is 3.70. The number of thiocarbonyl (C=S) groups is 1. The van der Waals surface area contributed by atoms with Gasteiger partial charge in [-0.05, 0) is 71.0 Å². The third-order valence-electron chi connectivity index (χ3n) is 4.26. The molecule has 0 bridgehead atoms. The highest BCUT2D eigenvalue weighted by atomic mass is 79.9. The van der Waals surface area contributed by atoms with Crippen LogP contribution in [0.1, 0.15) is 12.5 Å². The molecule has 1 heterocycles. The second kappa shape index (κ2) is 9.27. The van der Waals surface area contributed by atoms with Gasteiger partial charge in [0.05, 0.1) is 31.0 Å². The van der Waals surface area contributed by atoms with Gasteiger partial charge in [-0.25, -0.2) is 0 Å². The Morgan fingerprint density at radius 2 is 1.93 bits per heavy atom. The van der Waals surface area contributed by atoms with Crippen LogP contribution in [-0.4, -0.2) is 37.8 Å². The van der Waals surface area contributed by atoms with Gasteiger partial charge in [-0.3, -0.25) is 19.8 Å². The summed E-state index contributed by atoms with van der Waals surface area (Å²) in [4.78, 5) is 27.0. The lowest BCUT2D eigenvalue weighted by Gasteiger charge is -2.29. The Morgan fingerprint density at radius 1 is 1.17 bits per heavy atom. The zero-order valence-corrected chi connectivity index (χ0v) is 18.9. The van der Waals surface area contributed by atoms with E-state index in [0.717, 1.165) is 0 Å². The van der Waals surface area contributed by atoms with Gasteiger partial charge in [-0.2, -0.15) is 0 Å². The maximum absolute atomic E-state index is 13.2. The van der Waals surface area contributed by atoms with Crippen molar-refractivity contribution in [1.29, 1.82) is 0 Å². The molecular weight excluding hydrogens is 472 g/mol. The van der Waals surface area contributed by atoms with E-state index in [1.165, 1.54) is 25.2 Å². The lowest BCUT2D eigenvalue weighted by atomic mass is 10.1. The molecule has 1 N–H and O–H groups in total. The molecule has 0 spiro atoms. The number of benzene rings is 2. The summed E-state index contributed by atoms with van der Waals surface area (Å²) < 4.78 is 16.7. The molecule has 2 aromatic rings. The molecule has 1 saturated heterocycles. The van der Waals surface area contributed by atoms with Crippen molar-refractivity contribution >= 4 is 56.8 Å². The fraction of sp³-hybridized carbons (Fsp3) is 0.190. The van der Waals surface area contributed by atoms with E-state index in [1.54, 1.807) is 36.4 Å². The number of methoxy groups -OCH3 is 2. The minimum absolute atomic E-state index is 0.00397. The number of amides is 2. The summed E-state index contributed by atoms with van der Waals surface area (Å²) in [6, 6.07) is 10.3. The summed E-state index contributed by atoms with van der Waals surface area (Å²) >= 11 is 8.65. The fourth-order valence-electron chi connectivity index (χ4n) is 2.96. The third kappa shape index (κ3) is 4.31. The summed E-state index contributed by atoms with van der Waals surface area (Å²) in [6.45, 7) is 2.35. The number of nitrogens with zero attached hydrogens (tertiary/aromatic N) is 1. The first-order valence-electron chi connectivity index (χ1n) is 8.95. The molecule has 3 rings (SSSR count). The zero-order valence-electron chi connectivity index (χ0n) is 16.5. The number of halogens is 1. The molecule has 1 fully saturated rings. The van der Waals surface area contributed by atoms with E-state index in [-0.39, 0.29) is 10.7 Å². The third-order valence-corrected chi connectivity index (χ3v) is 5.13. The average Bonchev–Trinajstić information content (AvgIpc) is 2.71. The van der Waals surface area contributed by atoms with E-state index >= 15 is 0 Å².